The number of amides is 1. The molecule has 2 heterocycles. The fraction of sp³-hybridized carbons (Fsp3) is 0.158. The van der Waals surface area contributed by atoms with Gasteiger partial charge in [0.1, 0.15) is 5.82 Å². The van der Waals surface area contributed by atoms with Crippen LogP contribution >= 0.6 is 11.6 Å². The summed E-state index contributed by atoms with van der Waals surface area (Å²) in [6.45, 7) is 0.0551. The van der Waals surface area contributed by atoms with Crippen LogP contribution < -0.4 is 15.2 Å². The van der Waals surface area contributed by atoms with Gasteiger partial charge in [-0.15, -0.1) is 5.10 Å². The average Bonchev–Trinajstić information content (AvgIpc) is 3.10. The highest BCUT2D eigenvalue weighted by Crippen LogP contribution is 2.27. The third-order valence-electron chi connectivity index (χ3n) is 4.56. The molecule has 32 heavy (non-hydrogen) atoms. The van der Waals surface area contributed by atoms with Crippen LogP contribution in [0.15, 0.2) is 47.5 Å². The number of carbonyl (C=O) groups excluding carboxylic acids is 1. The van der Waals surface area contributed by atoms with Crippen LogP contribution in [0.3, 0.4) is 0 Å². The van der Waals surface area contributed by atoms with E-state index in [4.69, 9.17) is 11.6 Å². The molecule has 0 saturated heterocycles. The largest absolute Gasteiger partial charge is 0.365 e. The number of aliphatic imine (C=N–C) groups is 1. The summed E-state index contributed by atoms with van der Waals surface area (Å²) in [5.74, 6) is -0.739. The molecule has 0 spiro atoms. The Kier molecular flexibility index (Phi) is 6.02. The van der Waals surface area contributed by atoms with Crippen LogP contribution in [-0.2, 0) is 16.8 Å². The summed E-state index contributed by atoms with van der Waals surface area (Å²) in [4.78, 5) is 21.2. The molecule has 0 atom stereocenters. The maximum atomic E-state index is 14.5. The van der Waals surface area contributed by atoms with Crippen molar-refractivity contribution in [2.24, 2.45) is 4.99 Å². The maximum absolute atomic E-state index is 14.5. The standard InChI is InChI=1S/C19H17ClFN7O3S/c20-11-5-6-15-13(9-11)17(12-3-1-2-4-14(12)21)24-10-16-26-18(27-28(15)16)19(29)23-7-8-25-32(22,30)31/h1-6,9,25H,7-8,10H2,(H,23,29)(H2,22,30,31)/p+1. The zero-order chi connectivity index (χ0) is 22.9. The second kappa shape index (κ2) is 8.74. The van der Waals surface area contributed by atoms with Crippen LogP contribution in [0, 0.1) is 5.82 Å². The Hall–Kier alpha value is -3.19. The van der Waals surface area contributed by atoms with Gasteiger partial charge in [0, 0.05) is 29.2 Å². The van der Waals surface area contributed by atoms with Crippen molar-refractivity contribution in [3.63, 3.8) is 0 Å². The van der Waals surface area contributed by atoms with Crippen molar-refractivity contribution in [3.8, 4) is 5.69 Å². The number of nitrogens with one attached hydrogen (secondary N) is 2. The number of quaternary nitrogens is 1. The predicted octanol–water partition coefficient (Wildman–Crippen LogP) is 0.217. The zero-order valence-electron chi connectivity index (χ0n) is 16.5. The third kappa shape index (κ3) is 4.67. The Morgan fingerprint density at radius 2 is 1.97 bits per heavy atom. The van der Waals surface area contributed by atoms with Gasteiger partial charge >= 0.3 is 10.2 Å². The molecule has 0 bridgehead atoms. The van der Waals surface area contributed by atoms with E-state index < -0.39 is 21.9 Å². The van der Waals surface area contributed by atoms with Gasteiger partial charge in [-0.3, -0.25) is 9.79 Å². The molecular formula is C19H18ClFN7O3S+. The molecule has 4 rings (SSSR count). The Morgan fingerprint density at radius 1 is 1.19 bits per heavy atom. The highest BCUT2D eigenvalue weighted by Gasteiger charge is 2.25. The van der Waals surface area contributed by atoms with Crippen LogP contribution in [0.2, 0.25) is 5.02 Å². The first kappa shape index (κ1) is 22.0. The zero-order valence-corrected chi connectivity index (χ0v) is 18.1. The lowest BCUT2D eigenvalue weighted by atomic mass is 10.00. The smallest absolute Gasteiger partial charge is 0.348 e. The van der Waals surface area contributed by atoms with Gasteiger partial charge in [0.2, 0.25) is 5.82 Å². The number of fused-ring (bicyclic) bond motifs is 3. The van der Waals surface area contributed by atoms with Crippen molar-refractivity contribution in [2.75, 3.05) is 13.1 Å². The Morgan fingerprint density at radius 3 is 2.72 bits per heavy atom. The lowest BCUT2D eigenvalue weighted by molar-refractivity contribution is -0.167. The predicted molar refractivity (Wildman–Crippen MR) is 114 cm³/mol. The maximum Gasteiger partial charge on any atom is 0.365 e. The van der Waals surface area contributed by atoms with E-state index in [0.29, 0.717) is 33.4 Å². The summed E-state index contributed by atoms with van der Waals surface area (Å²) in [6.07, 6.45) is 0. The van der Waals surface area contributed by atoms with Gasteiger partial charge in [-0.1, -0.05) is 23.7 Å². The molecule has 1 amide bonds. The summed E-state index contributed by atoms with van der Waals surface area (Å²) in [5, 5.41) is 10.2. The minimum Gasteiger partial charge on any atom is -0.348 e. The molecule has 0 unspecified atom stereocenters. The molecule has 0 aliphatic carbocycles. The van der Waals surface area contributed by atoms with Crippen LogP contribution in [0.1, 0.15) is 27.6 Å². The SMILES string of the molecule is [NH3+]S(=O)(=O)NCCNC(=O)c1nc2n(n1)-c1ccc(Cl)cc1C(c1ccccc1F)=NC2. The second-order valence-electron chi connectivity index (χ2n) is 6.83. The number of aromatic nitrogens is 3. The summed E-state index contributed by atoms with van der Waals surface area (Å²) < 4.78 is 40.1. The molecule has 166 valence electrons. The van der Waals surface area contributed by atoms with Gasteiger partial charge in [-0.05, 0) is 30.3 Å². The summed E-state index contributed by atoms with van der Waals surface area (Å²) in [5.41, 5.74) is 1.80. The number of benzene rings is 2. The van der Waals surface area contributed by atoms with Crippen LogP contribution in [0.5, 0.6) is 0 Å². The van der Waals surface area contributed by atoms with Crippen molar-refractivity contribution in [3.05, 3.63) is 76.1 Å². The van der Waals surface area contributed by atoms with E-state index in [1.54, 1.807) is 36.4 Å². The molecule has 0 fully saturated rings. The van der Waals surface area contributed by atoms with Crippen LogP contribution in [-0.4, -0.2) is 47.9 Å². The molecule has 10 nitrogen and oxygen atoms in total. The van der Waals surface area contributed by atoms with Gasteiger partial charge in [0.25, 0.3) is 5.91 Å². The fourth-order valence-corrected chi connectivity index (χ4v) is 3.78. The first-order chi connectivity index (χ1) is 15.2. The van der Waals surface area contributed by atoms with Crippen molar-refractivity contribution in [2.45, 2.75) is 6.54 Å². The van der Waals surface area contributed by atoms with Crippen molar-refractivity contribution in [1.29, 1.82) is 0 Å². The Balaban J connectivity index is 1.66. The number of carbonyl (C=O) groups is 1. The fourth-order valence-electron chi connectivity index (χ4n) is 3.20. The van der Waals surface area contributed by atoms with E-state index >= 15 is 0 Å². The normalized spacial score (nSPS) is 13.0. The van der Waals surface area contributed by atoms with E-state index in [1.165, 1.54) is 10.7 Å². The number of nitrogens with zero attached hydrogens (tertiary/aromatic N) is 4. The highest BCUT2D eigenvalue weighted by molar-refractivity contribution is 7.82. The highest BCUT2D eigenvalue weighted by atomic mass is 35.5. The average molecular weight is 479 g/mol. The van der Waals surface area contributed by atoms with Gasteiger partial charge < -0.3 is 5.32 Å². The quantitative estimate of drug-likeness (QED) is 0.434. The minimum absolute atomic E-state index is 0.0250. The molecule has 0 radical (unpaired) electrons. The minimum atomic E-state index is -3.60. The Labute approximate surface area is 187 Å². The van der Waals surface area contributed by atoms with Crippen LogP contribution in [0.25, 0.3) is 5.69 Å². The molecular weight excluding hydrogens is 461 g/mol. The van der Waals surface area contributed by atoms with Gasteiger partial charge in [0.15, 0.2) is 5.82 Å². The number of hydrogen-bond acceptors (Lipinski definition) is 6. The summed E-state index contributed by atoms with van der Waals surface area (Å²) in [7, 11) is -3.60. The third-order valence-corrected chi connectivity index (χ3v) is 5.44. The van der Waals surface area contributed by atoms with Crippen molar-refractivity contribution < 1.29 is 22.7 Å². The van der Waals surface area contributed by atoms with Gasteiger partial charge in [0.05, 0.1) is 17.9 Å². The summed E-state index contributed by atoms with van der Waals surface area (Å²) >= 11 is 6.20. The van der Waals surface area contributed by atoms with Crippen LogP contribution in [0.4, 0.5) is 4.39 Å². The monoisotopic (exact) mass is 478 g/mol. The molecule has 3 aromatic rings. The van der Waals surface area contributed by atoms with E-state index in [1.807, 2.05) is 0 Å². The molecule has 5 N–H and O–H groups in total. The van der Waals surface area contributed by atoms with E-state index in [-0.39, 0.29) is 25.5 Å². The number of hydrogen-bond donors (Lipinski definition) is 3. The first-order valence-corrected chi connectivity index (χ1v) is 11.4. The number of halogens is 2. The topological polar surface area (TPSA) is 146 Å². The molecule has 0 saturated carbocycles. The lowest BCUT2D eigenvalue weighted by Gasteiger charge is -2.11. The van der Waals surface area contributed by atoms with Crippen molar-refractivity contribution in [1.82, 2.24) is 24.8 Å². The second-order valence-corrected chi connectivity index (χ2v) is 8.79. The molecule has 1 aliphatic heterocycles. The van der Waals surface area contributed by atoms with Crippen molar-refractivity contribution >= 4 is 33.4 Å². The molecule has 2 aromatic carbocycles. The van der Waals surface area contributed by atoms with Gasteiger partial charge in [-0.2, -0.15) is 13.1 Å². The Bertz CT molecular complexity index is 1340. The summed E-state index contributed by atoms with van der Waals surface area (Å²) in [6, 6.07) is 11.3. The first-order valence-electron chi connectivity index (χ1n) is 9.39. The van der Waals surface area contributed by atoms with E-state index in [9.17, 15) is 17.6 Å². The molecule has 1 aliphatic rings. The lowest BCUT2D eigenvalue weighted by Crippen LogP contribution is -2.63. The number of rotatable bonds is 6. The van der Waals surface area contributed by atoms with E-state index in [0.717, 1.165) is 0 Å². The molecule has 1 aromatic heterocycles. The van der Waals surface area contributed by atoms with Gasteiger partial charge in [-0.25, -0.2) is 19.2 Å². The molecule has 13 heteroatoms. The van der Waals surface area contributed by atoms with E-state index in [2.05, 4.69) is 30.3 Å².